The Bertz CT molecular complexity index is 443. The lowest BCUT2D eigenvalue weighted by molar-refractivity contribution is -0.0243. The molecule has 0 aromatic rings. The summed E-state index contributed by atoms with van der Waals surface area (Å²) in [4.78, 5) is 0. The fourth-order valence-electron chi connectivity index (χ4n) is 4.54. The van der Waals surface area contributed by atoms with Gasteiger partial charge in [0.25, 0.3) is 0 Å². The van der Waals surface area contributed by atoms with E-state index in [4.69, 9.17) is 42.6 Å². The molecule has 0 aromatic heterocycles. The third-order valence-corrected chi connectivity index (χ3v) is 7.18. The standard InChI is InChI=1S/C35H72O9/c1-3-4-5-6-7-8-9-10-11-12-13-14-15-16-17-18-19-37-22-23-39-26-27-41-30-31-43-34-35-44-33-32-42-29-28-40-25-24-38-21-20-36-2/h3-35H2,1-2H3. The van der Waals surface area contributed by atoms with Gasteiger partial charge in [0.05, 0.1) is 106 Å². The number of ether oxygens (including phenoxy) is 9. The van der Waals surface area contributed by atoms with Crippen LogP contribution in [0.5, 0.6) is 0 Å². The molecule has 9 nitrogen and oxygen atoms in total. The first kappa shape index (κ1) is 43.6. The molecule has 0 heterocycles. The van der Waals surface area contributed by atoms with Gasteiger partial charge in [-0.3, -0.25) is 0 Å². The topological polar surface area (TPSA) is 83.1 Å². The normalized spacial score (nSPS) is 11.6. The fraction of sp³-hybridized carbons (Fsp3) is 1.00. The molecule has 44 heavy (non-hydrogen) atoms. The summed E-state index contributed by atoms with van der Waals surface area (Å²) < 4.78 is 48.8. The highest BCUT2D eigenvalue weighted by Gasteiger charge is 1.97. The molecule has 0 fully saturated rings. The van der Waals surface area contributed by atoms with Gasteiger partial charge >= 0.3 is 0 Å². The predicted octanol–water partition coefficient (Wildman–Crippen LogP) is 7.03. The van der Waals surface area contributed by atoms with E-state index >= 15 is 0 Å². The molecule has 0 aromatic carbocycles. The molecule has 0 unspecified atom stereocenters. The van der Waals surface area contributed by atoms with Crippen molar-refractivity contribution in [1.82, 2.24) is 0 Å². The minimum absolute atomic E-state index is 0.542. The van der Waals surface area contributed by atoms with Gasteiger partial charge in [-0.1, -0.05) is 103 Å². The highest BCUT2D eigenvalue weighted by atomic mass is 16.6. The van der Waals surface area contributed by atoms with Crippen molar-refractivity contribution in [1.29, 1.82) is 0 Å². The molecule has 0 aliphatic carbocycles. The first-order valence-electron chi connectivity index (χ1n) is 18.0. The van der Waals surface area contributed by atoms with Crippen molar-refractivity contribution in [3.8, 4) is 0 Å². The molecule has 0 aliphatic rings. The Morgan fingerprint density at radius 2 is 0.432 bits per heavy atom. The summed E-state index contributed by atoms with van der Waals surface area (Å²) in [5.41, 5.74) is 0. The van der Waals surface area contributed by atoms with Crippen LogP contribution < -0.4 is 0 Å². The van der Waals surface area contributed by atoms with E-state index < -0.39 is 0 Å². The zero-order chi connectivity index (χ0) is 31.7. The number of rotatable bonds is 41. The SMILES string of the molecule is CCCCCCCCCCCCCCCCCCOCCOCCOCCOCCOCCOCCOCCOCCOC. The molecule has 0 saturated heterocycles. The van der Waals surface area contributed by atoms with Crippen LogP contribution in [0.4, 0.5) is 0 Å². The number of hydrogen-bond donors (Lipinski definition) is 0. The van der Waals surface area contributed by atoms with Crippen molar-refractivity contribution in [3.05, 3.63) is 0 Å². The lowest BCUT2D eigenvalue weighted by Gasteiger charge is -2.08. The zero-order valence-electron chi connectivity index (χ0n) is 29.0. The van der Waals surface area contributed by atoms with Crippen LogP contribution in [0, 0.1) is 0 Å². The van der Waals surface area contributed by atoms with Crippen LogP contribution in [0.25, 0.3) is 0 Å². The molecule has 0 rings (SSSR count). The second-order valence-corrected chi connectivity index (χ2v) is 11.2. The summed E-state index contributed by atoms with van der Waals surface area (Å²) in [5, 5.41) is 0. The smallest absolute Gasteiger partial charge is 0.0701 e. The third-order valence-electron chi connectivity index (χ3n) is 7.18. The van der Waals surface area contributed by atoms with Crippen LogP contribution in [-0.2, 0) is 42.6 Å². The summed E-state index contributed by atoms with van der Waals surface area (Å²) in [7, 11) is 1.65. The first-order valence-corrected chi connectivity index (χ1v) is 18.0. The van der Waals surface area contributed by atoms with Crippen molar-refractivity contribution in [2.24, 2.45) is 0 Å². The van der Waals surface area contributed by atoms with Gasteiger partial charge < -0.3 is 42.6 Å². The Morgan fingerprint density at radius 1 is 0.227 bits per heavy atom. The van der Waals surface area contributed by atoms with Crippen molar-refractivity contribution in [2.75, 3.05) is 119 Å². The molecule has 0 N–H and O–H groups in total. The van der Waals surface area contributed by atoms with E-state index in [0.717, 1.165) is 13.0 Å². The number of hydrogen-bond acceptors (Lipinski definition) is 9. The Morgan fingerprint density at radius 3 is 0.682 bits per heavy atom. The Labute approximate surface area is 271 Å². The molecule has 9 heteroatoms. The molecule has 0 radical (unpaired) electrons. The van der Waals surface area contributed by atoms with Crippen molar-refractivity contribution < 1.29 is 42.6 Å². The monoisotopic (exact) mass is 637 g/mol. The van der Waals surface area contributed by atoms with E-state index in [0.29, 0.717) is 106 Å². The van der Waals surface area contributed by atoms with E-state index in [2.05, 4.69) is 6.92 Å². The highest BCUT2D eigenvalue weighted by Crippen LogP contribution is 2.13. The van der Waals surface area contributed by atoms with Gasteiger partial charge in [0.2, 0.25) is 0 Å². The van der Waals surface area contributed by atoms with Crippen LogP contribution in [0.1, 0.15) is 110 Å². The highest BCUT2D eigenvalue weighted by molar-refractivity contribution is 4.50. The minimum Gasteiger partial charge on any atom is -0.382 e. The van der Waals surface area contributed by atoms with Crippen molar-refractivity contribution in [3.63, 3.8) is 0 Å². The lowest BCUT2D eigenvalue weighted by atomic mass is 10.0. The van der Waals surface area contributed by atoms with Crippen LogP contribution >= 0.6 is 0 Å². The molecule has 266 valence electrons. The summed E-state index contributed by atoms with van der Waals surface area (Å²) in [6, 6.07) is 0. The largest absolute Gasteiger partial charge is 0.382 e. The average molecular weight is 637 g/mol. The second-order valence-electron chi connectivity index (χ2n) is 11.2. The summed E-state index contributed by atoms with van der Waals surface area (Å²) in [5.74, 6) is 0. The van der Waals surface area contributed by atoms with Gasteiger partial charge in [0, 0.05) is 13.7 Å². The van der Waals surface area contributed by atoms with E-state index in [1.165, 1.54) is 96.3 Å². The van der Waals surface area contributed by atoms with Gasteiger partial charge in [0.1, 0.15) is 0 Å². The quantitative estimate of drug-likeness (QED) is 0.0657. The molecule has 0 spiro atoms. The molecular formula is C35H72O9. The second kappa shape index (κ2) is 42.6. The molecule has 0 saturated carbocycles. The molecular weight excluding hydrogens is 564 g/mol. The maximum absolute atomic E-state index is 5.68. The van der Waals surface area contributed by atoms with Gasteiger partial charge in [0.15, 0.2) is 0 Å². The molecule has 0 atom stereocenters. The third kappa shape index (κ3) is 41.6. The number of methoxy groups -OCH3 is 1. The Hall–Kier alpha value is -0.360. The van der Waals surface area contributed by atoms with Gasteiger partial charge in [-0.25, -0.2) is 0 Å². The maximum Gasteiger partial charge on any atom is 0.0701 e. The Balaban J connectivity index is 3.03. The lowest BCUT2D eigenvalue weighted by Crippen LogP contribution is -2.15. The summed E-state index contributed by atoms with van der Waals surface area (Å²) in [6.07, 6.45) is 22.3. The van der Waals surface area contributed by atoms with E-state index in [1.54, 1.807) is 7.11 Å². The van der Waals surface area contributed by atoms with Gasteiger partial charge in [-0.15, -0.1) is 0 Å². The molecule has 0 aliphatic heterocycles. The predicted molar refractivity (Wildman–Crippen MR) is 178 cm³/mol. The van der Waals surface area contributed by atoms with Crippen LogP contribution in [-0.4, -0.2) is 119 Å². The Kier molecular flexibility index (Phi) is 42.3. The summed E-state index contributed by atoms with van der Waals surface area (Å²) >= 11 is 0. The minimum atomic E-state index is 0.542. The van der Waals surface area contributed by atoms with Crippen LogP contribution in [0.2, 0.25) is 0 Å². The van der Waals surface area contributed by atoms with Gasteiger partial charge in [-0.2, -0.15) is 0 Å². The van der Waals surface area contributed by atoms with E-state index in [9.17, 15) is 0 Å². The van der Waals surface area contributed by atoms with Crippen molar-refractivity contribution in [2.45, 2.75) is 110 Å². The number of unbranched alkanes of at least 4 members (excludes halogenated alkanes) is 15. The molecule has 0 amide bonds. The van der Waals surface area contributed by atoms with Crippen LogP contribution in [0.15, 0.2) is 0 Å². The first-order chi connectivity index (χ1) is 21.9. The molecule has 0 bridgehead atoms. The average Bonchev–Trinajstić information content (AvgIpc) is 3.04. The van der Waals surface area contributed by atoms with Crippen LogP contribution in [0.3, 0.4) is 0 Å². The summed E-state index contributed by atoms with van der Waals surface area (Å²) in [6.45, 7) is 12.3. The van der Waals surface area contributed by atoms with Gasteiger partial charge in [-0.05, 0) is 6.42 Å². The maximum atomic E-state index is 5.68. The zero-order valence-corrected chi connectivity index (χ0v) is 29.0. The fourth-order valence-corrected chi connectivity index (χ4v) is 4.54. The van der Waals surface area contributed by atoms with E-state index in [-0.39, 0.29) is 0 Å². The van der Waals surface area contributed by atoms with E-state index in [1.807, 2.05) is 0 Å². The van der Waals surface area contributed by atoms with Crippen molar-refractivity contribution >= 4 is 0 Å².